The Kier molecular flexibility index (Phi) is 1.65. The van der Waals surface area contributed by atoms with Crippen LogP contribution in [0.2, 0.25) is 10.0 Å². The Bertz CT molecular complexity index is 325. The highest BCUT2D eigenvalue weighted by molar-refractivity contribution is 7.27. The summed E-state index contributed by atoms with van der Waals surface area (Å²) in [7, 11) is 0. The molecule has 0 fully saturated rings. The average Bonchev–Trinajstić information content (AvgIpc) is 2.41. The molecule has 0 unspecified atom stereocenters. The van der Waals surface area contributed by atoms with Gasteiger partial charge in [-0.25, -0.2) is 0 Å². The van der Waals surface area contributed by atoms with Crippen LogP contribution in [-0.4, -0.2) is 0 Å². The smallest absolute Gasteiger partial charge is 0.0692 e. The molecule has 2 aromatic heterocycles. The highest BCUT2D eigenvalue weighted by atomic mass is 35.5. The molecule has 0 spiro atoms. The van der Waals surface area contributed by atoms with E-state index in [9.17, 15) is 0 Å². The predicted molar refractivity (Wildman–Crippen MR) is 49.7 cm³/mol. The Morgan fingerprint density at radius 2 is 1.30 bits per heavy atom. The van der Waals surface area contributed by atoms with Crippen LogP contribution in [0.1, 0.15) is 0 Å². The van der Waals surface area contributed by atoms with Gasteiger partial charge in [0.1, 0.15) is 0 Å². The second-order valence-corrected chi connectivity index (χ2v) is 4.40. The summed E-state index contributed by atoms with van der Waals surface area (Å²) < 4.78 is 2.22. The Hall–Kier alpha value is 0.240. The second kappa shape index (κ2) is 2.38. The lowest BCUT2D eigenvalue weighted by Gasteiger charge is -1.74. The first-order valence-corrected chi connectivity index (χ1v) is 5.10. The molecule has 0 bridgehead atoms. The molecule has 10 heavy (non-hydrogen) atoms. The van der Waals surface area contributed by atoms with Crippen molar-refractivity contribution in [1.29, 1.82) is 0 Å². The highest BCUT2D eigenvalue weighted by Gasteiger charge is 2.06. The van der Waals surface area contributed by atoms with Crippen LogP contribution in [0, 0.1) is 0 Å². The minimum absolute atomic E-state index is 0.817. The molecular formula is C6H2Cl2S2. The van der Waals surface area contributed by atoms with Crippen molar-refractivity contribution in [3.05, 3.63) is 20.8 Å². The third-order valence-corrected chi connectivity index (χ3v) is 4.44. The molecule has 0 aromatic carbocycles. The fourth-order valence-corrected chi connectivity index (χ4v) is 3.49. The highest BCUT2D eigenvalue weighted by Crippen LogP contribution is 2.39. The summed E-state index contributed by atoms with van der Waals surface area (Å²) in [5, 5.41) is 5.46. The van der Waals surface area contributed by atoms with E-state index in [1.54, 1.807) is 22.7 Å². The maximum atomic E-state index is 5.85. The molecular weight excluding hydrogens is 207 g/mol. The first-order chi connectivity index (χ1) is 4.79. The molecule has 0 aliphatic rings. The first-order valence-electron chi connectivity index (χ1n) is 2.58. The normalized spacial score (nSPS) is 11.0. The van der Waals surface area contributed by atoms with Gasteiger partial charge in [-0.1, -0.05) is 23.2 Å². The van der Waals surface area contributed by atoms with E-state index in [0.29, 0.717) is 0 Å². The van der Waals surface area contributed by atoms with Gasteiger partial charge in [0.2, 0.25) is 0 Å². The van der Waals surface area contributed by atoms with Crippen molar-refractivity contribution >= 4 is 55.3 Å². The number of hydrogen-bond donors (Lipinski definition) is 0. The lowest BCUT2D eigenvalue weighted by Crippen LogP contribution is -1.45. The Morgan fingerprint density at radius 3 is 1.70 bits per heavy atom. The zero-order valence-electron chi connectivity index (χ0n) is 4.73. The van der Waals surface area contributed by atoms with Gasteiger partial charge in [-0.05, 0) is 0 Å². The van der Waals surface area contributed by atoms with Crippen LogP contribution in [0.15, 0.2) is 10.8 Å². The topological polar surface area (TPSA) is 0 Å². The molecule has 0 aliphatic carbocycles. The van der Waals surface area contributed by atoms with E-state index in [1.807, 2.05) is 10.8 Å². The maximum Gasteiger partial charge on any atom is 0.0692 e. The quantitative estimate of drug-likeness (QED) is 0.607. The van der Waals surface area contributed by atoms with Crippen LogP contribution in [0.25, 0.3) is 9.40 Å². The summed E-state index contributed by atoms with van der Waals surface area (Å²) in [6.45, 7) is 0. The Labute approximate surface area is 76.0 Å². The molecule has 52 valence electrons. The van der Waals surface area contributed by atoms with E-state index in [1.165, 1.54) is 0 Å². The molecule has 0 saturated heterocycles. The largest absolute Gasteiger partial charge is 0.140 e. The van der Waals surface area contributed by atoms with Crippen molar-refractivity contribution in [2.75, 3.05) is 0 Å². The van der Waals surface area contributed by atoms with Crippen molar-refractivity contribution in [1.82, 2.24) is 0 Å². The van der Waals surface area contributed by atoms with E-state index in [4.69, 9.17) is 23.2 Å². The third kappa shape index (κ3) is 0.873. The van der Waals surface area contributed by atoms with Crippen LogP contribution in [0.3, 0.4) is 0 Å². The summed E-state index contributed by atoms with van der Waals surface area (Å²) in [4.78, 5) is 0. The van der Waals surface area contributed by atoms with Crippen LogP contribution in [0.5, 0.6) is 0 Å². The van der Waals surface area contributed by atoms with Gasteiger partial charge >= 0.3 is 0 Å². The van der Waals surface area contributed by atoms with E-state index < -0.39 is 0 Å². The minimum Gasteiger partial charge on any atom is -0.140 e. The molecule has 2 rings (SSSR count). The van der Waals surface area contributed by atoms with Crippen LogP contribution in [0.4, 0.5) is 0 Å². The molecule has 4 heteroatoms. The fourth-order valence-electron chi connectivity index (χ4n) is 0.765. The molecule has 0 atom stereocenters. The van der Waals surface area contributed by atoms with E-state index in [2.05, 4.69) is 0 Å². The summed E-state index contributed by atoms with van der Waals surface area (Å²) in [6.07, 6.45) is 0. The van der Waals surface area contributed by atoms with Gasteiger partial charge in [-0.2, -0.15) is 0 Å². The van der Waals surface area contributed by atoms with Crippen molar-refractivity contribution in [2.24, 2.45) is 0 Å². The van der Waals surface area contributed by atoms with Gasteiger partial charge in [0.05, 0.1) is 19.4 Å². The van der Waals surface area contributed by atoms with Gasteiger partial charge in [-0.3, -0.25) is 0 Å². The van der Waals surface area contributed by atoms with E-state index in [-0.39, 0.29) is 0 Å². The van der Waals surface area contributed by atoms with Crippen LogP contribution < -0.4 is 0 Å². The van der Waals surface area contributed by atoms with Crippen LogP contribution >= 0.6 is 45.9 Å². The third-order valence-electron chi connectivity index (χ3n) is 1.20. The van der Waals surface area contributed by atoms with Crippen molar-refractivity contribution < 1.29 is 0 Å². The van der Waals surface area contributed by atoms with Gasteiger partial charge in [0.25, 0.3) is 0 Å². The number of hydrogen-bond acceptors (Lipinski definition) is 2. The zero-order chi connectivity index (χ0) is 7.14. The summed E-state index contributed by atoms with van der Waals surface area (Å²) in [5.41, 5.74) is 0. The second-order valence-electron chi connectivity index (χ2n) is 1.83. The number of thiophene rings is 2. The number of halogens is 2. The molecule has 2 aromatic rings. The van der Waals surface area contributed by atoms with Gasteiger partial charge in [0.15, 0.2) is 0 Å². The fraction of sp³-hybridized carbons (Fsp3) is 0. The van der Waals surface area contributed by atoms with Gasteiger partial charge in [0, 0.05) is 10.8 Å². The number of fused-ring (bicyclic) bond motifs is 1. The Morgan fingerprint density at radius 1 is 0.900 bits per heavy atom. The van der Waals surface area contributed by atoms with Gasteiger partial charge < -0.3 is 0 Å². The summed E-state index contributed by atoms with van der Waals surface area (Å²) in [6, 6.07) is 0. The molecule has 0 nitrogen and oxygen atoms in total. The van der Waals surface area contributed by atoms with Crippen molar-refractivity contribution in [3.63, 3.8) is 0 Å². The van der Waals surface area contributed by atoms with E-state index in [0.717, 1.165) is 19.4 Å². The average molecular weight is 209 g/mol. The lowest BCUT2D eigenvalue weighted by atomic mass is 10.5. The van der Waals surface area contributed by atoms with Crippen molar-refractivity contribution in [3.8, 4) is 0 Å². The molecule has 2 heterocycles. The molecule has 0 N–H and O–H groups in total. The van der Waals surface area contributed by atoms with Gasteiger partial charge in [-0.15, -0.1) is 22.7 Å². The molecule has 0 radical (unpaired) electrons. The summed E-state index contributed by atoms with van der Waals surface area (Å²) in [5.74, 6) is 0. The zero-order valence-corrected chi connectivity index (χ0v) is 7.87. The Balaban J connectivity index is 2.95. The van der Waals surface area contributed by atoms with Crippen LogP contribution in [-0.2, 0) is 0 Å². The first kappa shape index (κ1) is 6.92. The lowest BCUT2D eigenvalue weighted by molar-refractivity contribution is 2.20. The minimum atomic E-state index is 0.817. The molecule has 0 aliphatic heterocycles. The number of rotatable bonds is 0. The predicted octanol–water partition coefficient (Wildman–Crippen LogP) is 4.27. The molecule has 0 saturated carbocycles. The maximum absolute atomic E-state index is 5.85. The van der Waals surface area contributed by atoms with E-state index >= 15 is 0 Å². The SMILES string of the molecule is Clc1csc2c(Cl)csc12. The standard InChI is InChI=1S/C6H2Cl2S2/c7-3-1-9-6-4(8)2-10-5(3)6/h1-2H. The molecule has 0 amide bonds. The summed E-state index contributed by atoms with van der Waals surface area (Å²) >= 11 is 14.9. The monoisotopic (exact) mass is 208 g/mol. The van der Waals surface area contributed by atoms with Crippen molar-refractivity contribution in [2.45, 2.75) is 0 Å².